The van der Waals surface area contributed by atoms with E-state index in [1.54, 1.807) is 19.9 Å². The third kappa shape index (κ3) is 4.65. The quantitative estimate of drug-likeness (QED) is 0.731. The van der Waals surface area contributed by atoms with Gasteiger partial charge in [-0.25, -0.2) is 4.39 Å². The minimum absolute atomic E-state index is 0.0437. The first-order valence-electron chi connectivity index (χ1n) is 5.95. The molecule has 4 heteroatoms. The first-order chi connectivity index (χ1) is 8.52. The fraction of sp³-hybridized carbons (Fsp3) is 0.429. The van der Waals surface area contributed by atoms with Crippen molar-refractivity contribution in [2.75, 3.05) is 6.61 Å². The molecule has 0 fully saturated rings. The maximum atomic E-state index is 12.9. The van der Waals surface area contributed by atoms with Crippen molar-refractivity contribution in [2.45, 2.75) is 33.1 Å². The number of hydrogen-bond donors (Lipinski definition) is 0. The van der Waals surface area contributed by atoms with Crippen LogP contribution in [0.3, 0.4) is 0 Å². The van der Waals surface area contributed by atoms with Gasteiger partial charge in [-0.2, -0.15) is 0 Å². The maximum Gasteiger partial charge on any atom is 0.306 e. The molecule has 0 unspecified atom stereocenters. The molecule has 0 saturated carbocycles. The number of benzene rings is 1. The van der Waals surface area contributed by atoms with Crippen molar-refractivity contribution in [1.82, 2.24) is 0 Å². The average molecular weight is 252 g/mol. The topological polar surface area (TPSA) is 43.4 Å². The monoisotopic (exact) mass is 252 g/mol. The van der Waals surface area contributed by atoms with Crippen LogP contribution in [0.1, 0.15) is 30.9 Å². The summed E-state index contributed by atoms with van der Waals surface area (Å²) >= 11 is 0. The molecular formula is C14H17FO3. The first-order valence-corrected chi connectivity index (χ1v) is 5.95. The van der Waals surface area contributed by atoms with Crippen molar-refractivity contribution in [3.8, 4) is 0 Å². The van der Waals surface area contributed by atoms with Crippen molar-refractivity contribution < 1.29 is 18.7 Å². The molecule has 0 N–H and O–H groups in total. The second-order valence-corrected chi connectivity index (χ2v) is 4.09. The van der Waals surface area contributed by atoms with Crippen molar-refractivity contribution >= 4 is 11.8 Å². The van der Waals surface area contributed by atoms with Crippen LogP contribution < -0.4 is 0 Å². The summed E-state index contributed by atoms with van der Waals surface area (Å²) in [6.07, 6.45) is 0.494. The lowest BCUT2D eigenvalue weighted by molar-refractivity contribution is -0.144. The van der Waals surface area contributed by atoms with Crippen LogP contribution in [0.25, 0.3) is 0 Å². The van der Waals surface area contributed by atoms with Crippen LogP contribution in [0.4, 0.5) is 4.39 Å². The molecule has 18 heavy (non-hydrogen) atoms. The zero-order valence-corrected chi connectivity index (χ0v) is 10.7. The number of rotatable bonds is 6. The Labute approximate surface area is 106 Å². The minimum atomic E-state index is -0.360. The van der Waals surface area contributed by atoms with E-state index in [1.165, 1.54) is 12.1 Å². The van der Waals surface area contributed by atoms with E-state index in [4.69, 9.17) is 4.74 Å². The van der Waals surface area contributed by atoms with Crippen LogP contribution in [0, 0.1) is 12.7 Å². The third-order valence-corrected chi connectivity index (χ3v) is 2.61. The molecule has 0 aliphatic carbocycles. The minimum Gasteiger partial charge on any atom is -0.466 e. The number of hydrogen-bond acceptors (Lipinski definition) is 3. The number of esters is 1. The van der Waals surface area contributed by atoms with Gasteiger partial charge in [0.1, 0.15) is 11.6 Å². The van der Waals surface area contributed by atoms with E-state index in [9.17, 15) is 14.0 Å². The van der Waals surface area contributed by atoms with Crippen LogP contribution in [0.15, 0.2) is 18.2 Å². The summed E-state index contributed by atoms with van der Waals surface area (Å²) in [5, 5.41) is 0. The highest BCUT2D eigenvalue weighted by molar-refractivity contribution is 5.84. The Morgan fingerprint density at radius 3 is 2.61 bits per heavy atom. The molecule has 1 rings (SSSR count). The molecule has 0 aliphatic heterocycles. The summed E-state index contributed by atoms with van der Waals surface area (Å²) in [4.78, 5) is 22.7. The van der Waals surface area contributed by atoms with Crippen molar-refractivity contribution in [3.05, 3.63) is 35.1 Å². The zero-order valence-electron chi connectivity index (χ0n) is 10.7. The Hall–Kier alpha value is -1.71. The van der Waals surface area contributed by atoms with Crippen LogP contribution in [-0.4, -0.2) is 18.4 Å². The fourth-order valence-electron chi connectivity index (χ4n) is 1.63. The number of carbonyl (C=O) groups is 2. The van der Waals surface area contributed by atoms with E-state index >= 15 is 0 Å². The average Bonchev–Trinajstić information content (AvgIpc) is 2.31. The number of ketones is 1. The predicted molar refractivity (Wildman–Crippen MR) is 65.7 cm³/mol. The lowest BCUT2D eigenvalue weighted by Gasteiger charge is -2.05. The molecule has 0 saturated heterocycles. The van der Waals surface area contributed by atoms with Gasteiger partial charge in [0, 0.05) is 12.8 Å². The van der Waals surface area contributed by atoms with Crippen LogP contribution in [0.2, 0.25) is 0 Å². The molecule has 0 atom stereocenters. The highest BCUT2D eigenvalue weighted by Gasteiger charge is 2.10. The Balaban J connectivity index is 2.47. The van der Waals surface area contributed by atoms with E-state index in [-0.39, 0.29) is 36.8 Å². The van der Waals surface area contributed by atoms with Crippen LogP contribution in [-0.2, 0) is 20.7 Å². The molecule has 0 heterocycles. The molecule has 0 amide bonds. The Kier molecular flexibility index (Phi) is 5.49. The molecule has 0 aliphatic rings. The SMILES string of the molecule is CCOC(=O)CCC(=O)Cc1ccc(F)cc1C. The third-order valence-electron chi connectivity index (χ3n) is 2.61. The molecule has 98 valence electrons. The molecule has 1 aromatic rings. The molecule has 1 aromatic carbocycles. The lowest BCUT2D eigenvalue weighted by Crippen LogP contribution is -2.10. The van der Waals surface area contributed by atoms with Gasteiger partial charge in [0.05, 0.1) is 13.0 Å². The molecular weight excluding hydrogens is 235 g/mol. The van der Waals surface area contributed by atoms with Crippen molar-refractivity contribution in [3.63, 3.8) is 0 Å². The smallest absolute Gasteiger partial charge is 0.306 e. The van der Waals surface area contributed by atoms with Gasteiger partial charge in [-0.1, -0.05) is 6.07 Å². The van der Waals surface area contributed by atoms with E-state index < -0.39 is 0 Å². The predicted octanol–water partition coefficient (Wildman–Crippen LogP) is 2.59. The van der Waals surface area contributed by atoms with Gasteiger partial charge in [-0.15, -0.1) is 0 Å². The second-order valence-electron chi connectivity index (χ2n) is 4.09. The Morgan fingerprint density at radius 2 is 2.00 bits per heavy atom. The number of aryl methyl sites for hydroxylation is 1. The van der Waals surface area contributed by atoms with Gasteiger partial charge in [-0.05, 0) is 37.1 Å². The van der Waals surface area contributed by atoms with Gasteiger partial charge < -0.3 is 4.74 Å². The van der Waals surface area contributed by atoms with Crippen molar-refractivity contribution in [2.24, 2.45) is 0 Å². The maximum absolute atomic E-state index is 12.9. The van der Waals surface area contributed by atoms with Gasteiger partial charge in [0.25, 0.3) is 0 Å². The fourth-order valence-corrected chi connectivity index (χ4v) is 1.63. The van der Waals surface area contributed by atoms with E-state index in [1.807, 2.05) is 0 Å². The molecule has 0 bridgehead atoms. The van der Waals surface area contributed by atoms with E-state index in [2.05, 4.69) is 0 Å². The number of halogens is 1. The molecule has 0 spiro atoms. The van der Waals surface area contributed by atoms with E-state index in [0.29, 0.717) is 6.61 Å². The van der Waals surface area contributed by atoms with Crippen LogP contribution in [0.5, 0.6) is 0 Å². The molecule has 0 radical (unpaired) electrons. The highest BCUT2D eigenvalue weighted by atomic mass is 19.1. The van der Waals surface area contributed by atoms with Gasteiger partial charge in [0.15, 0.2) is 0 Å². The number of ether oxygens (including phenoxy) is 1. The summed E-state index contributed by atoms with van der Waals surface area (Å²) in [6.45, 7) is 3.81. The van der Waals surface area contributed by atoms with Gasteiger partial charge in [-0.3, -0.25) is 9.59 Å². The standard InChI is InChI=1S/C14H17FO3/c1-3-18-14(17)7-6-13(16)9-11-4-5-12(15)8-10(11)2/h4-5,8H,3,6-7,9H2,1-2H3. The number of carbonyl (C=O) groups excluding carboxylic acids is 2. The molecule has 0 aromatic heterocycles. The van der Waals surface area contributed by atoms with Crippen molar-refractivity contribution in [1.29, 1.82) is 0 Å². The largest absolute Gasteiger partial charge is 0.466 e. The van der Waals surface area contributed by atoms with Gasteiger partial charge >= 0.3 is 5.97 Å². The normalized spacial score (nSPS) is 10.2. The summed E-state index contributed by atoms with van der Waals surface area (Å²) in [5.41, 5.74) is 1.55. The Morgan fingerprint density at radius 1 is 1.28 bits per heavy atom. The van der Waals surface area contributed by atoms with Crippen LogP contribution >= 0.6 is 0 Å². The molecule has 3 nitrogen and oxygen atoms in total. The summed E-state index contributed by atoms with van der Waals surface area (Å²) in [6, 6.07) is 4.34. The first kappa shape index (κ1) is 14.4. The lowest BCUT2D eigenvalue weighted by atomic mass is 10.0. The summed E-state index contributed by atoms with van der Waals surface area (Å²) < 4.78 is 17.6. The summed E-state index contributed by atoms with van der Waals surface area (Å²) in [7, 11) is 0. The second kappa shape index (κ2) is 6.89. The number of Topliss-reactive ketones (excluding diaryl/α,β-unsaturated/α-hetero) is 1. The highest BCUT2D eigenvalue weighted by Crippen LogP contribution is 2.12. The zero-order chi connectivity index (χ0) is 13.5. The van der Waals surface area contributed by atoms with Gasteiger partial charge in [0.2, 0.25) is 0 Å². The Bertz CT molecular complexity index is 441. The van der Waals surface area contributed by atoms with E-state index in [0.717, 1.165) is 11.1 Å². The summed E-state index contributed by atoms with van der Waals surface area (Å²) in [5.74, 6) is -0.713.